The van der Waals surface area contributed by atoms with Crippen LogP contribution in [0.1, 0.15) is 54.2 Å². The highest BCUT2D eigenvalue weighted by Crippen LogP contribution is 2.32. The number of aromatic amines is 1. The number of nitrogens with zero attached hydrogens (tertiary/aromatic N) is 3. The number of carbonyl (C=O) groups is 2. The molecule has 1 aromatic heterocycles. The van der Waals surface area contributed by atoms with Crippen molar-refractivity contribution in [2.45, 2.75) is 51.0 Å². The van der Waals surface area contributed by atoms with Gasteiger partial charge in [0.15, 0.2) is 0 Å². The number of rotatable bonds is 4. The van der Waals surface area contributed by atoms with E-state index in [0.717, 1.165) is 36.9 Å². The molecule has 0 spiro atoms. The van der Waals surface area contributed by atoms with E-state index >= 15 is 0 Å². The van der Waals surface area contributed by atoms with Crippen LogP contribution in [0.3, 0.4) is 0 Å². The van der Waals surface area contributed by atoms with Crippen molar-refractivity contribution in [3.05, 3.63) is 63.1 Å². The third-order valence-electron chi connectivity index (χ3n) is 6.83. The van der Waals surface area contributed by atoms with Crippen LogP contribution in [0.5, 0.6) is 0 Å². The van der Waals surface area contributed by atoms with Crippen molar-refractivity contribution < 1.29 is 14.0 Å². The minimum absolute atomic E-state index is 0.0300. The Labute approximate surface area is 185 Å². The maximum Gasteiger partial charge on any atom is 0.256 e. The monoisotopic (exact) mass is 438 g/mol. The van der Waals surface area contributed by atoms with Crippen molar-refractivity contribution in [3.8, 4) is 0 Å². The number of likely N-dealkylation sites (tertiary alicyclic amines) is 1. The predicted octanol–water partition coefficient (Wildman–Crippen LogP) is 2.15. The summed E-state index contributed by atoms with van der Waals surface area (Å²) in [6.07, 6.45) is 4.27. The molecule has 7 nitrogen and oxygen atoms in total. The lowest BCUT2D eigenvalue weighted by molar-refractivity contribution is -0.133. The summed E-state index contributed by atoms with van der Waals surface area (Å²) in [4.78, 5) is 49.1. The van der Waals surface area contributed by atoms with Crippen molar-refractivity contribution in [3.63, 3.8) is 0 Å². The molecule has 3 aliphatic rings. The second-order valence-electron chi connectivity index (χ2n) is 9.12. The first-order chi connectivity index (χ1) is 15.5. The molecule has 1 N–H and O–H groups in total. The maximum atomic E-state index is 13.1. The molecule has 8 heteroatoms. The maximum absolute atomic E-state index is 13.1. The van der Waals surface area contributed by atoms with Crippen molar-refractivity contribution in [1.29, 1.82) is 0 Å². The molecule has 32 heavy (non-hydrogen) atoms. The van der Waals surface area contributed by atoms with Crippen LogP contribution in [0.4, 0.5) is 4.39 Å². The third-order valence-corrected chi connectivity index (χ3v) is 6.83. The number of piperidine rings is 1. The number of hydrogen-bond donors (Lipinski definition) is 1. The number of hydrogen-bond acceptors (Lipinski definition) is 4. The summed E-state index contributed by atoms with van der Waals surface area (Å²) < 4.78 is 13.1. The van der Waals surface area contributed by atoms with Gasteiger partial charge in [0.25, 0.3) is 5.56 Å². The number of amides is 2. The van der Waals surface area contributed by atoms with Crippen molar-refractivity contribution in [2.75, 3.05) is 19.6 Å². The summed E-state index contributed by atoms with van der Waals surface area (Å²) in [6, 6.07) is 6.02. The average molecular weight is 439 g/mol. The summed E-state index contributed by atoms with van der Waals surface area (Å²) in [6.45, 7) is 2.18. The Hall–Kier alpha value is -3.03. The van der Waals surface area contributed by atoms with E-state index in [1.165, 1.54) is 12.1 Å². The summed E-state index contributed by atoms with van der Waals surface area (Å²) in [5.74, 6) is 0.837. The van der Waals surface area contributed by atoms with E-state index in [2.05, 4.69) is 4.98 Å². The molecule has 0 bridgehead atoms. The van der Waals surface area contributed by atoms with Gasteiger partial charge in [-0.1, -0.05) is 12.1 Å². The number of aromatic nitrogens is 2. The fraction of sp³-hybridized carbons (Fsp3) is 0.500. The normalized spacial score (nSPS) is 19.0. The van der Waals surface area contributed by atoms with Gasteiger partial charge in [0.1, 0.15) is 11.6 Å². The van der Waals surface area contributed by atoms with Gasteiger partial charge in [0, 0.05) is 37.9 Å². The van der Waals surface area contributed by atoms with Crippen LogP contribution in [0.2, 0.25) is 0 Å². The van der Waals surface area contributed by atoms with Crippen LogP contribution in [0.25, 0.3) is 0 Å². The molecule has 0 unspecified atom stereocenters. The molecule has 0 radical (unpaired) electrons. The van der Waals surface area contributed by atoms with Gasteiger partial charge in [0.05, 0.1) is 24.2 Å². The molecule has 2 fully saturated rings. The lowest BCUT2D eigenvalue weighted by atomic mass is 9.94. The molecular formula is C24H27FN4O3. The molecular weight excluding hydrogens is 411 g/mol. The molecule has 168 valence electrons. The van der Waals surface area contributed by atoms with Crippen LogP contribution >= 0.6 is 0 Å². The van der Waals surface area contributed by atoms with Gasteiger partial charge in [-0.05, 0) is 43.4 Å². The Morgan fingerprint density at radius 1 is 1.03 bits per heavy atom. The van der Waals surface area contributed by atoms with Gasteiger partial charge in [-0.2, -0.15) is 0 Å². The Morgan fingerprint density at radius 3 is 2.44 bits per heavy atom. The van der Waals surface area contributed by atoms with Crippen molar-refractivity contribution >= 4 is 11.8 Å². The van der Waals surface area contributed by atoms with E-state index in [-0.39, 0.29) is 41.4 Å². The first-order valence-corrected chi connectivity index (χ1v) is 11.4. The van der Waals surface area contributed by atoms with E-state index < -0.39 is 0 Å². The quantitative estimate of drug-likeness (QED) is 0.793. The molecule has 0 atom stereocenters. The van der Waals surface area contributed by atoms with Crippen molar-refractivity contribution in [1.82, 2.24) is 19.8 Å². The zero-order chi connectivity index (χ0) is 22.2. The average Bonchev–Trinajstić information content (AvgIpc) is 3.65. The van der Waals surface area contributed by atoms with Crippen LogP contribution in [0.15, 0.2) is 29.1 Å². The number of carbonyl (C=O) groups excluding carboxylic acids is 2. The Kier molecular flexibility index (Phi) is 5.53. The Balaban J connectivity index is 1.21. The van der Waals surface area contributed by atoms with Gasteiger partial charge in [-0.15, -0.1) is 0 Å². The van der Waals surface area contributed by atoms with Crippen molar-refractivity contribution in [2.24, 2.45) is 5.92 Å². The zero-order valence-electron chi connectivity index (χ0n) is 18.0. The number of halogens is 1. The SMILES string of the molecule is O=C(Cc1ccc(F)cc1)N1CCC(c2nc3c(c(=O)[nH]2)CN(C(=O)C2CC2)CC3)CC1. The highest BCUT2D eigenvalue weighted by Gasteiger charge is 2.36. The van der Waals surface area contributed by atoms with E-state index in [9.17, 15) is 18.8 Å². The standard InChI is InChI=1S/C24H27FN4O3/c25-18-5-1-15(2-6-18)13-21(30)28-10-7-16(8-11-28)22-26-20-9-12-29(24(32)17-3-4-17)14-19(20)23(31)27-22/h1-2,5-6,16-17H,3-4,7-14H2,(H,26,27,31). The van der Waals surface area contributed by atoms with Gasteiger partial charge >= 0.3 is 0 Å². The molecule has 1 aliphatic carbocycles. The fourth-order valence-corrected chi connectivity index (χ4v) is 4.71. The third kappa shape index (κ3) is 4.31. The minimum Gasteiger partial charge on any atom is -0.342 e. The highest BCUT2D eigenvalue weighted by molar-refractivity contribution is 5.81. The molecule has 1 aromatic carbocycles. The van der Waals surface area contributed by atoms with Gasteiger partial charge in [0.2, 0.25) is 11.8 Å². The highest BCUT2D eigenvalue weighted by atomic mass is 19.1. The fourth-order valence-electron chi connectivity index (χ4n) is 4.71. The van der Waals surface area contributed by atoms with Crippen LogP contribution in [-0.4, -0.2) is 51.2 Å². The van der Waals surface area contributed by atoms with Gasteiger partial charge < -0.3 is 14.8 Å². The number of nitrogens with one attached hydrogen (secondary N) is 1. The molecule has 5 rings (SSSR count). The molecule has 2 aromatic rings. The van der Waals surface area contributed by atoms with Crippen LogP contribution < -0.4 is 5.56 Å². The summed E-state index contributed by atoms with van der Waals surface area (Å²) >= 11 is 0. The van der Waals surface area contributed by atoms with Gasteiger partial charge in [-0.3, -0.25) is 14.4 Å². The van der Waals surface area contributed by atoms with E-state index in [1.807, 2.05) is 4.90 Å². The molecule has 1 saturated heterocycles. The van der Waals surface area contributed by atoms with Gasteiger partial charge in [-0.25, -0.2) is 9.37 Å². The number of benzene rings is 1. The zero-order valence-corrected chi connectivity index (χ0v) is 18.0. The summed E-state index contributed by atoms with van der Waals surface area (Å²) in [5, 5.41) is 0. The largest absolute Gasteiger partial charge is 0.342 e. The van der Waals surface area contributed by atoms with Crippen LogP contribution in [-0.2, 0) is 29.0 Å². The molecule has 2 amide bonds. The second kappa shape index (κ2) is 8.48. The minimum atomic E-state index is -0.309. The van der Waals surface area contributed by atoms with E-state index in [0.29, 0.717) is 44.0 Å². The number of fused-ring (bicyclic) bond motifs is 1. The molecule has 1 saturated carbocycles. The number of H-pyrrole nitrogens is 1. The topological polar surface area (TPSA) is 86.4 Å². The molecule has 2 aliphatic heterocycles. The lowest BCUT2D eigenvalue weighted by Crippen LogP contribution is -2.41. The lowest BCUT2D eigenvalue weighted by Gasteiger charge is -2.32. The first kappa shape index (κ1) is 20.8. The second-order valence-corrected chi connectivity index (χ2v) is 9.12. The Bertz CT molecular complexity index is 1090. The predicted molar refractivity (Wildman–Crippen MR) is 115 cm³/mol. The Morgan fingerprint density at radius 2 is 1.75 bits per heavy atom. The smallest absolute Gasteiger partial charge is 0.256 e. The van der Waals surface area contributed by atoms with Crippen LogP contribution in [0, 0.1) is 11.7 Å². The first-order valence-electron chi connectivity index (χ1n) is 11.4. The molecule has 3 heterocycles. The summed E-state index contributed by atoms with van der Waals surface area (Å²) in [7, 11) is 0. The van der Waals surface area contributed by atoms with E-state index in [1.54, 1.807) is 17.0 Å². The van der Waals surface area contributed by atoms with E-state index in [4.69, 9.17) is 4.98 Å². The summed E-state index contributed by atoms with van der Waals surface area (Å²) in [5.41, 5.74) is 2.07.